The molecule has 1 atom stereocenters. The van der Waals surface area contributed by atoms with Crippen LogP contribution in [0.15, 0.2) is 60.9 Å². The zero-order valence-electron chi connectivity index (χ0n) is 21.7. The van der Waals surface area contributed by atoms with Crippen LogP contribution in [0.25, 0.3) is 22.5 Å². The van der Waals surface area contributed by atoms with Gasteiger partial charge >= 0.3 is 0 Å². The Morgan fingerprint density at radius 3 is 1.97 bits per heavy atom. The fourth-order valence-corrected chi connectivity index (χ4v) is 4.24. The molecule has 0 saturated heterocycles. The first-order valence-electron chi connectivity index (χ1n) is 13.3. The minimum Gasteiger partial charge on any atom is -0.491 e. The highest BCUT2D eigenvalue weighted by Crippen LogP contribution is 2.23. The second kappa shape index (κ2) is 14.6. The van der Waals surface area contributed by atoms with E-state index < -0.39 is 6.17 Å². The van der Waals surface area contributed by atoms with Gasteiger partial charge in [0, 0.05) is 23.5 Å². The van der Waals surface area contributed by atoms with E-state index in [1.807, 2.05) is 50.5 Å². The Labute approximate surface area is 211 Å². The predicted octanol–water partition coefficient (Wildman–Crippen LogP) is 8.87. The van der Waals surface area contributed by atoms with Crippen molar-refractivity contribution in [2.24, 2.45) is 5.92 Å². The van der Waals surface area contributed by atoms with E-state index in [2.05, 4.69) is 41.2 Å². The summed E-state index contributed by atoms with van der Waals surface area (Å²) in [5.41, 5.74) is 4.44. The van der Waals surface area contributed by atoms with E-state index in [9.17, 15) is 4.39 Å². The van der Waals surface area contributed by atoms with Gasteiger partial charge in [-0.05, 0) is 60.6 Å². The topological polar surface area (TPSA) is 35.0 Å². The highest BCUT2D eigenvalue weighted by Gasteiger charge is 2.10. The number of aromatic nitrogens is 2. The van der Waals surface area contributed by atoms with Gasteiger partial charge in [-0.2, -0.15) is 0 Å². The quantitative estimate of drug-likeness (QED) is 0.205. The number of benzene rings is 2. The van der Waals surface area contributed by atoms with Crippen molar-refractivity contribution >= 4 is 0 Å². The summed E-state index contributed by atoms with van der Waals surface area (Å²) in [4.78, 5) is 9.13. The van der Waals surface area contributed by atoms with Gasteiger partial charge < -0.3 is 4.74 Å². The molecule has 3 rings (SSSR count). The molecule has 0 spiro atoms. The highest BCUT2D eigenvalue weighted by atomic mass is 19.1. The van der Waals surface area contributed by atoms with Crippen molar-refractivity contribution in [1.29, 1.82) is 0 Å². The van der Waals surface area contributed by atoms with Crippen LogP contribution in [-0.4, -0.2) is 22.7 Å². The number of hydrogen-bond donors (Lipinski definition) is 0. The zero-order valence-corrected chi connectivity index (χ0v) is 21.7. The zero-order chi connectivity index (χ0) is 24.9. The molecule has 0 aliphatic heterocycles. The lowest BCUT2D eigenvalue weighted by atomic mass is 10.0. The highest BCUT2D eigenvalue weighted by molar-refractivity contribution is 5.64. The maximum absolute atomic E-state index is 13.9. The van der Waals surface area contributed by atoms with Crippen molar-refractivity contribution in [1.82, 2.24) is 9.97 Å². The molecule has 0 radical (unpaired) electrons. The summed E-state index contributed by atoms with van der Waals surface area (Å²) in [6, 6.07) is 16.3. The van der Waals surface area contributed by atoms with Gasteiger partial charge in [-0.3, -0.25) is 0 Å². The van der Waals surface area contributed by atoms with Crippen molar-refractivity contribution in [2.45, 2.75) is 84.7 Å². The molecule has 1 heterocycles. The molecule has 0 aliphatic carbocycles. The Balaban J connectivity index is 1.48. The van der Waals surface area contributed by atoms with E-state index in [4.69, 9.17) is 4.74 Å². The summed E-state index contributed by atoms with van der Waals surface area (Å²) >= 11 is 0. The molecular weight excluding hydrogens is 435 g/mol. The smallest absolute Gasteiger partial charge is 0.159 e. The van der Waals surface area contributed by atoms with Crippen LogP contribution in [0, 0.1) is 5.92 Å². The average molecular weight is 477 g/mol. The Morgan fingerprint density at radius 2 is 1.34 bits per heavy atom. The third kappa shape index (κ3) is 9.43. The molecule has 3 aromatic rings. The predicted molar refractivity (Wildman–Crippen MR) is 144 cm³/mol. The standard InChI is InChI=1S/C31H41FN2O/c1-4-5-6-7-8-9-10-11-25-12-14-26(15-13-25)28-21-33-31(34-22-28)27-16-18-30(19-17-27)35-23-29(32)20-24(2)3/h12-19,21-22,24,29H,4-11,20,23H2,1-3H3. The summed E-state index contributed by atoms with van der Waals surface area (Å²) in [6.45, 7) is 6.37. The summed E-state index contributed by atoms with van der Waals surface area (Å²) in [5, 5.41) is 0. The number of nitrogens with zero attached hydrogens (tertiary/aromatic N) is 2. The number of hydrogen-bond acceptors (Lipinski definition) is 3. The van der Waals surface area contributed by atoms with E-state index in [-0.39, 0.29) is 6.61 Å². The lowest BCUT2D eigenvalue weighted by molar-refractivity contribution is 0.174. The maximum atomic E-state index is 13.9. The van der Waals surface area contributed by atoms with E-state index in [1.165, 1.54) is 50.5 Å². The van der Waals surface area contributed by atoms with Crippen LogP contribution < -0.4 is 4.74 Å². The Kier molecular flexibility index (Phi) is 11.2. The van der Waals surface area contributed by atoms with Crippen LogP contribution in [-0.2, 0) is 6.42 Å². The van der Waals surface area contributed by atoms with Gasteiger partial charge in [0.25, 0.3) is 0 Å². The lowest BCUT2D eigenvalue weighted by Gasteiger charge is -2.12. The van der Waals surface area contributed by atoms with Crippen molar-refractivity contribution in [2.75, 3.05) is 6.61 Å². The molecule has 0 aliphatic rings. The molecule has 0 fully saturated rings. The van der Waals surface area contributed by atoms with Crippen molar-refractivity contribution in [3.8, 4) is 28.3 Å². The molecule has 1 unspecified atom stereocenters. The van der Waals surface area contributed by atoms with Crippen molar-refractivity contribution in [3.05, 3.63) is 66.5 Å². The minimum atomic E-state index is -0.944. The minimum absolute atomic E-state index is 0.0839. The molecule has 3 nitrogen and oxygen atoms in total. The van der Waals surface area contributed by atoms with Crippen LogP contribution in [0.5, 0.6) is 5.75 Å². The number of alkyl halides is 1. The van der Waals surface area contributed by atoms with Gasteiger partial charge in [0.1, 0.15) is 18.5 Å². The van der Waals surface area contributed by atoms with Crippen LogP contribution in [0.1, 0.15) is 77.7 Å². The van der Waals surface area contributed by atoms with Gasteiger partial charge in [-0.1, -0.05) is 83.6 Å². The molecule has 0 bridgehead atoms. The van der Waals surface area contributed by atoms with Crippen LogP contribution >= 0.6 is 0 Å². The summed E-state index contributed by atoms with van der Waals surface area (Å²) in [7, 11) is 0. The SMILES string of the molecule is CCCCCCCCCc1ccc(-c2cnc(-c3ccc(OCC(F)CC(C)C)cc3)nc2)cc1. The summed E-state index contributed by atoms with van der Waals surface area (Å²) in [5.74, 6) is 1.65. The van der Waals surface area contributed by atoms with Crippen LogP contribution in [0.3, 0.4) is 0 Å². The molecule has 0 saturated carbocycles. The van der Waals surface area contributed by atoms with E-state index in [1.54, 1.807) is 0 Å². The largest absolute Gasteiger partial charge is 0.491 e. The van der Waals surface area contributed by atoms with Gasteiger partial charge in [0.2, 0.25) is 0 Å². The third-order valence-electron chi connectivity index (χ3n) is 6.28. The van der Waals surface area contributed by atoms with Crippen LogP contribution in [0.4, 0.5) is 4.39 Å². The first-order valence-corrected chi connectivity index (χ1v) is 13.3. The first-order chi connectivity index (χ1) is 17.0. The molecule has 0 N–H and O–H groups in total. The number of aryl methyl sites for hydroxylation is 1. The molecule has 35 heavy (non-hydrogen) atoms. The lowest BCUT2D eigenvalue weighted by Crippen LogP contribution is -2.15. The van der Waals surface area contributed by atoms with E-state index in [0.29, 0.717) is 23.9 Å². The van der Waals surface area contributed by atoms with Gasteiger partial charge in [-0.15, -0.1) is 0 Å². The molecule has 188 valence electrons. The first kappa shape index (κ1) is 26.8. The van der Waals surface area contributed by atoms with Gasteiger partial charge in [0.05, 0.1) is 0 Å². The molecular formula is C31H41FN2O. The van der Waals surface area contributed by atoms with E-state index >= 15 is 0 Å². The molecule has 2 aromatic carbocycles. The fraction of sp³-hybridized carbons (Fsp3) is 0.484. The molecule has 0 amide bonds. The second-order valence-corrected chi connectivity index (χ2v) is 9.93. The number of halogens is 1. The number of ether oxygens (including phenoxy) is 1. The Hall–Kier alpha value is -2.75. The molecule has 1 aromatic heterocycles. The number of rotatable bonds is 15. The van der Waals surface area contributed by atoms with Crippen molar-refractivity contribution in [3.63, 3.8) is 0 Å². The third-order valence-corrected chi connectivity index (χ3v) is 6.28. The van der Waals surface area contributed by atoms with Crippen LogP contribution in [0.2, 0.25) is 0 Å². The van der Waals surface area contributed by atoms with E-state index in [0.717, 1.165) is 23.1 Å². The summed E-state index contributed by atoms with van der Waals surface area (Å²) in [6.07, 6.45) is 13.8. The maximum Gasteiger partial charge on any atom is 0.159 e. The van der Waals surface area contributed by atoms with Gasteiger partial charge in [-0.25, -0.2) is 14.4 Å². The Morgan fingerprint density at radius 1 is 0.743 bits per heavy atom. The number of unbranched alkanes of at least 4 members (excludes halogenated alkanes) is 6. The molecule has 4 heteroatoms. The fourth-order valence-electron chi connectivity index (χ4n) is 4.24. The monoisotopic (exact) mass is 476 g/mol. The second-order valence-electron chi connectivity index (χ2n) is 9.93. The average Bonchev–Trinajstić information content (AvgIpc) is 2.87. The normalized spacial score (nSPS) is 12.1. The summed E-state index contributed by atoms with van der Waals surface area (Å²) < 4.78 is 19.4. The Bertz CT molecular complexity index is 968. The van der Waals surface area contributed by atoms with Gasteiger partial charge in [0.15, 0.2) is 5.82 Å². The van der Waals surface area contributed by atoms with Crippen molar-refractivity contribution < 1.29 is 9.13 Å².